The quantitative estimate of drug-likeness (QED) is 0.181. The summed E-state index contributed by atoms with van der Waals surface area (Å²) in [4.78, 5) is 20.2. The maximum Gasteiger partial charge on any atom is 0.160 e. The minimum Gasteiger partial charge on any atom is -0.228 e. The van der Waals surface area contributed by atoms with Gasteiger partial charge < -0.3 is 0 Å². The molecule has 0 aliphatic heterocycles. The average Bonchev–Trinajstić information content (AvgIpc) is 3.57. The van der Waals surface area contributed by atoms with Crippen molar-refractivity contribution in [1.82, 2.24) is 19.9 Å². The van der Waals surface area contributed by atoms with Crippen LogP contribution >= 0.6 is 11.3 Å². The molecule has 6 aromatic carbocycles. The Labute approximate surface area is 288 Å². The minimum absolute atomic E-state index is 0.710. The Morgan fingerprint density at radius 1 is 0.327 bits per heavy atom. The van der Waals surface area contributed by atoms with Gasteiger partial charge in [0.05, 0.1) is 22.8 Å². The molecule has 0 radical (unpaired) electrons. The zero-order chi connectivity index (χ0) is 32.6. The van der Waals surface area contributed by atoms with Gasteiger partial charge >= 0.3 is 0 Å². The fourth-order valence-electron chi connectivity index (χ4n) is 6.29. The topological polar surface area (TPSA) is 51.6 Å². The van der Waals surface area contributed by atoms with Crippen molar-refractivity contribution < 1.29 is 0 Å². The molecule has 0 atom stereocenters. The summed E-state index contributed by atoms with van der Waals surface area (Å²) in [5.41, 5.74) is 9.84. The highest BCUT2D eigenvalue weighted by atomic mass is 32.1. The fourth-order valence-corrected chi connectivity index (χ4v) is 7.49. The lowest BCUT2D eigenvalue weighted by molar-refractivity contribution is 1.18. The predicted octanol–water partition coefficient (Wildman–Crippen LogP) is 11.6. The molecule has 0 amide bonds. The van der Waals surface area contributed by atoms with Gasteiger partial charge in [0.15, 0.2) is 11.6 Å². The largest absolute Gasteiger partial charge is 0.228 e. The van der Waals surface area contributed by atoms with E-state index in [0.717, 1.165) is 56.2 Å². The molecule has 49 heavy (non-hydrogen) atoms. The predicted molar refractivity (Wildman–Crippen MR) is 203 cm³/mol. The van der Waals surface area contributed by atoms with Crippen LogP contribution in [0.15, 0.2) is 170 Å². The van der Waals surface area contributed by atoms with Gasteiger partial charge in [-0.1, -0.05) is 146 Å². The molecule has 5 heteroatoms. The second-order valence-corrected chi connectivity index (χ2v) is 12.9. The number of fused-ring (bicyclic) bond motifs is 3. The highest BCUT2D eigenvalue weighted by molar-refractivity contribution is 7.26. The third-order valence-corrected chi connectivity index (χ3v) is 9.94. The normalized spacial score (nSPS) is 11.3. The Hall–Kier alpha value is -6.30. The number of hydrogen-bond donors (Lipinski definition) is 0. The summed E-state index contributed by atoms with van der Waals surface area (Å²) in [6.07, 6.45) is 0. The zero-order valence-electron chi connectivity index (χ0n) is 26.4. The molecule has 9 aromatic rings. The van der Waals surface area contributed by atoms with Gasteiger partial charge in [-0.25, -0.2) is 19.9 Å². The number of benzene rings is 6. The lowest BCUT2D eigenvalue weighted by Gasteiger charge is -2.10. The molecule has 9 rings (SSSR count). The van der Waals surface area contributed by atoms with Crippen molar-refractivity contribution in [3.63, 3.8) is 0 Å². The third-order valence-electron chi connectivity index (χ3n) is 8.72. The van der Waals surface area contributed by atoms with Crippen molar-refractivity contribution in [2.75, 3.05) is 0 Å². The summed E-state index contributed by atoms with van der Waals surface area (Å²) >= 11 is 1.80. The van der Waals surface area contributed by atoms with Crippen molar-refractivity contribution >= 4 is 31.5 Å². The van der Waals surface area contributed by atoms with Crippen LogP contribution in [0.5, 0.6) is 0 Å². The molecule has 0 N–H and O–H groups in total. The van der Waals surface area contributed by atoms with Crippen molar-refractivity contribution in [3.05, 3.63) is 170 Å². The standard InChI is InChI=1S/C44H28N4S/c1-5-14-29(15-6-1)37-27-39(47-43(45-37)31-18-9-3-10-19-31)33-24-25-41-36(26-33)34-22-13-23-35(42(34)49-41)40-28-38(30-16-7-2-8-17-30)46-44(48-40)32-20-11-4-12-21-32/h1-28H. The van der Waals surface area contributed by atoms with Gasteiger partial charge in [0.1, 0.15) is 0 Å². The molecule has 4 nitrogen and oxygen atoms in total. The van der Waals surface area contributed by atoms with Crippen LogP contribution in [0.1, 0.15) is 0 Å². The Balaban J connectivity index is 1.20. The summed E-state index contributed by atoms with van der Waals surface area (Å²) in [5.74, 6) is 1.42. The van der Waals surface area contributed by atoms with E-state index in [1.165, 1.54) is 20.2 Å². The van der Waals surface area contributed by atoms with Crippen LogP contribution in [0.4, 0.5) is 0 Å². The number of thiophene rings is 1. The van der Waals surface area contributed by atoms with Crippen molar-refractivity contribution in [3.8, 4) is 67.8 Å². The average molecular weight is 645 g/mol. The van der Waals surface area contributed by atoms with E-state index in [0.29, 0.717) is 11.6 Å². The molecule has 0 aliphatic rings. The van der Waals surface area contributed by atoms with E-state index in [1.54, 1.807) is 11.3 Å². The fraction of sp³-hybridized carbons (Fsp3) is 0. The first kappa shape index (κ1) is 28.9. The van der Waals surface area contributed by atoms with Gasteiger partial charge in [0.25, 0.3) is 0 Å². The summed E-state index contributed by atoms with van der Waals surface area (Å²) in [5, 5.41) is 2.39. The Bertz CT molecular complexity index is 2470. The van der Waals surface area contributed by atoms with Crippen LogP contribution in [-0.2, 0) is 0 Å². The van der Waals surface area contributed by atoms with Crippen molar-refractivity contribution in [2.45, 2.75) is 0 Å². The van der Waals surface area contributed by atoms with Crippen LogP contribution < -0.4 is 0 Å². The first-order valence-electron chi connectivity index (χ1n) is 16.2. The number of rotatable bonds is 6. The molecule has 0 spiro atoms. The maximum absolute atomic E-state index is 5.14. The van der Waals surface area contributed by atoms with Crippen molar-refractivity contribution in [1.29, 1.82) is 0 Å². The Morgan fingerprint density at radius 2 is 0.796 bits per heavy atom. The van der Waals surface area contributed by atoms with E-state index in [4.69, 9.17) is 19.9 Å². The second kappa shape index (κ2) is 12.4. The van der Waals surface area contributed by atoms with E-state index < -0.39 is 0 Å². The van der Waals surface area contributed by atoms with E-state index in [-0.39, 0.29) is 0 Å². The summed E-state index contributed by atoms with van der Waals surface area (Å²) < 4.78 is 2.41. The van der Waals surface area contributed by atoms with E-state index in [2.05, 4.69) is 97.1 Å². The third kappa shape index (κ3) is 5.56. The number of aromatic nitrogens is 4. The molecular weight excluding hydrogens is 617 g/mol. The summed E-state index contributed by atoms with van der Waals surface area (Å²) in [6, 6.07) is 58.4. The molecule has 0 unspecified atom stereocenters. The van der Waals surface area contributed by atoms with Gasteiger partial charge in [-0.15, -0.1) is 11.3 Å². The van der Waals surface area contributed by atoms with E-state index >= 15 is 0 Å². The summed E-state index contributed by atoms with van der Waals surface area (Å²) in [7, 11) is 0. The highest BCUT2D eigenvalue weighted by Crippen LogP contribution is 2.42. The minimum atomic E-state index is 0.710. The zero-order valence-corrected chi connectivity index (χ0v) is 27.2. The molecule has 0 fully saturated rings. The van der Waals surface area contributed by atoms with Gasteiger partial charge in [-0.05, 0) is 24.3 Å². The van der Waals surface area contributed by atoms with Gasteiger partial charge in [0, 0.05) is 53.6 Å². The summed E-state index contributed by atoms with van der Waals surface area (Å²) in [6.45, 7) is 0. The molecule has 3 aromatic heterocycles. The first-order chi connectivity index (χ1) is 24.3. The number of nitrogens with zero attached hydrogens (tertiary/aromatic N) is 4. The van der Waals surface area contributed by atoms with E-state index in [9.17, 15) is 0 Å². The molecule has 0 saturated carbocycles. The molecular formula is C44H28N4S. The maximum atomic E-state index is 5.14. The van der Waals surface area contributed by atoms with Crippen LogP contribution in [0.25, 0.3) is 88.0 Å². The lowest BCUT2D eigenvalue weighted by atomic mass is 10.0. The molecule has 0 bridgehead atoms. The smallest absolute Gasteiger partial charge is 0.160 e. The second-order valence-electron chi connectivity index (χ2n) is 11.9. The Morgan fingerprint density at radius 3 is 1.35 bits per heavy atom. The van der Waals surface area contributed by atoms with Crippen molar-refractivity contribution in [2.24, 2.45) is 0 Å². The molecule has 0 aliphatic carbocycles. The highest BCUT2D eigenvalue weighted by Gasteiger charge is 2.17. The monoisotopic (exact) mass is 644 g/mol. The van der Waals surface area contributed by atoms with Crippen LogP contribution in [0, 0.1) is 0 Å². The SMILES string of the molecule is c1ccc(-c2cc(-c3ccc4sc5c(-c6cc(-c7ccccc7)nc(-c7ccccc7)n6)cccc5c4c3)nc(-c3ccccc3)n2)cc1. The molecule has 230 valence electrons. The number of hydrogen-bond acceptors (Lipinski definition) is 5. The van der Waals surface area contributed by atoms with Crippen LogP contribution in [-0.4, -0.2) is 19.9 Å². The van der Waals surface area contributed by atoms with Gasteiger partial charge in [-0.2, -0.15) is 0 Å². The van der Waals surface area contributed by atoms with Crippen LogP contribution in [0.3, 0.4) is 0 Å². The molecule has 0 saturated heterocycles. The van der Waals surface area contributed by atoms with E-state index in [1.807, 2.05) is 72.8 Å². The van der Waals surface area contributed by atoms with Gasteiger partial charge in [0.2, 0.25) is 0 Å². The molecule has 3 heterocycles. The lowest BCUT2D eigenvalue weighted by Crippen LogP contribution is -1.96. The first-order valence-corrected chi connectivity index (χ1v) is 17.0. The van der Waals surface area contributed by atoms with Crippen LogP contribution in [0.2, 0.25) is 0 Å². The van der Waals surface area contributed by atoms with Gasteiger partial charge in [-0.3, -0.25) is 0 Å². The Kier molecular flexibility index (Phi) is 7.30.